The lowest BCUT2D eigenvalue weighted by Crippen LogP contribution is -2.48. The van der Waals surface area contributed by atoms with Crippen molar-refractivity contribution in [3.05, 3.63) is 35.2 Å². The number of piperazine rings is 1. The molecule has 2 aromatic rings. The summed E-state index contributed by atoms with van der Waals surface area (Å²) in [6.07, 6.45) is -2.46. The molecule has 1 N–H and O–H groups in total. The second kappa shape index (κ2) is 8.68. The van der Waals surface area contributed by atoms with Crippen LogP contribution in [-0.4, -0.2) is 65.6 Å². The number of aromatic nitrogens is 3. The Morgan fingerprint density at radius 2 is 2.03 bits per heavy atom. The van der Waals surface area contributed by atoms with Crippen LogP contribution >= 0.6 is 11.6 Å². The first-order valence-electron chi connectivity index (χ1n) is 8.64. The van der Waals surface area contributed by atoms with Gasteiger partial charge in [-0.15, -0.1) is 0 Å². The Labute approximate surface area is 169 Å². The molecule has 1 fully saturated rings. The molecule has 0 bridgehead atoms. The van der Waals surface area contributed by atoms with E-state index in [0.717, 1.165) is 6.07 Å². The zero-order chi connectivity index (χ0) is 21.0. The van der Waals surface area contributed by atoms with Crippen molar-refractivity contribution >= 4 is 29.1 Å². The summed E-state index contributed by atoms with van der Waals surface area (Å²) in [7, 11) is 1.75. The van der Waals surface area contributed by atoms with Crippen LogP contribution in [0.3, 0.4) is 0 Å². The SMILES string of the molecule is CN1CCN(c2cc(NCCOc3ncc(C(F)(F)F)cc3Cl)ncn2)CC1=O. The third kappa shape index (κ3) is 5.37. The second-order valence-corrected chi connectivity index (χ2v) is 6.69. The van der Waals surface area contributed by atoms with Crippen LogP contribution in [0.4, 0.5) is 24.8 Å². The van der Waals surface area contributed by atoms with E-state index < -0.39 is 11.7 Å². The zero-order valence-corrected chi connectivity index (χ0v) is 16.2. The molecule has 2 aromatic heterocycles. The van der Waals surface area contributed by atoms with Gasteiger partial charge in [0.15, 0.2) is 0 Å². The Morgan fingerprint density at radius 1 is 1.24 bits per heavy atom. The number of carbonyl (C=O) groups is 1. The van der Waals surface area contributed by atoms with E-state index in [1.807, 2.05) is 4.90 Å². The van der Waals surface area contributed by atoms with E-state index in [2.05, 4.69) is 20.3 Å². The van der Waals surface area contributed by atoms with Crippen LogP contribution < -0.4 is 15.0 Å². The van der Waals surface area contributed by atoms with Gasteiger partial charge in [0.2, 0.25) is 11.8 Å². The second-order valence-electron chi connectivity index (χ2n) is 6.28. The minimum absolute atomic E-state index is 0.0127. The molecule has 0 aromatic carbocycles. The van der Waals surface area contributed by atoms with Gasteiger partial charge in [0, 0.05) is 32.4 Å². The molecule has 0 unspecified atom stereocenters. The Morgan fingerprint density at radius 3 is 2.72 bits per heavy atom. The lowest BCUT2D eigenvalue weighted by Gasteiger charge is -2.32. The Kier molecular flexibility index (Phi) is 6.26. The van der Waals surface area contributed by atoms with E-state index in [9.17, 15) is 18.0 Å². The highest BCUT2D eigenvalue weighted by Crippen LogP contribution is 2.33. The van der Waals surface area contributed by atoms with Crippen LogP contribution in [0, 0.1) is 0 Å². The summed E-state index contributed by atoms with van der Waals surface area (Å²) in [6, 6.07) is 2.48. The van der Waals surface area contributed by atoms with E-state index in [0.29, 0.717) is 37.5 Å². The van der Waals surface area contributed by atoms with E-state index >= 15 is 0 Å². The first kappa shape index (κ1) is 20.9. The van der Waals surface area contributed by atoms with Crippen LogP contribution in [0.2, 0.25) is 5.02 Å². The Hall–Kier alpha value is -2.82. The molecule has 1 amide bonds. The number of rotatable bonds is 6. The van der Waals surface area contributed by atoms with E-state index in [1.54, 1.807) is 18.0 Å². The first-order valence-corrected chi connectivity index (χ1v) is 9.02. The number of alkyl halides is 3. The fourth-order valence-corrected chi connectivity index (χ4v) is 2.80. The van der Waals surface area contributed by atoms with Crippen molar-refractivity contribution in [2.45, 2.75) is 6.18 Å². The van der Waals surface area contributed by atoms with Gasteiger partial charge in [0.1, 0.15) is 29.6 Å². The summed E-state index contributed by atoms with van der Waals surface area (Å²) in [6.45, 7) is 1.93. The van der Waals surface area contributed by atoms with Crippen molar-refractivity contribution < 1.29 is 22.7 Å². The van der Waals surface area contributed by atoms with Crippen molar-refractivity contribution in [1.29, 1.82) is 0 Å². The number of carbonyl (C=O) groups excluding carboxylic acids is 1. The molecule has 1 saturated heterocycles. The molecule has 1 aliphatic rings. The molecule has 0 radical (unpaired) electrons. The average Bonchev–Trinajstić information content (AvgIpc) is 2.68. The fourth-order valence-electron chi connectivity index (χ4n) is 2.58. The lowest BCUT2D eigenvalue weighted by molar-refractivity contribution is -0.137. The van der Waals surface area contributed by atoms with Gasteiger partial charge in [-0.25, -0.2) is 15.0 Å². The molecule has 0 atom stereocenters. The normalized spacial score (nSPS) is 14.9. The van der Waals surface area contributed by atoms with Gasteiger partial charge in [-0.1, -0.05) is 11.6 Å². The van der Waals surface area contributed by atoms with Gasteiger partial charge in [-0.2, -0.15) is 13.2 Å². The van der Waals surface area contributed by atoms with Crippen LogP contribution in [0.15, 0.2) is 24.7 Å². The Balaban J connectivity index is 1.52. The van der Waals surface area contributed by atoms with Gasteiger partial charge in [0.25, 0.3) is 0 Å². The van der Waals surface area contributed by atoms with Crippen molar-refractivity contribution in [2.24, 2.45) is 0 Å². The third-order valence-electron chi connectivity index (χ3n) is 4.22. The number of hydrogen-bond acceptors (Lipinski definition) is 7. The van der Waals surface area contributed by atoms with Gasteiger partial charge < -0.3 is 19.9 Å². The number of likely N-dealkylation sites (N-methyl/N-ethyl adjacent to an activating group) is 1. The fraction of sp³-hybridized carbons (Fsp3) is 0.412. The summed E-state index contributed by atoms with van der Waals surface area (Å²) in [4.78, 5) is 27.3. The van der Waals surface area contributed by atoms with Crippen LogP contribution in [0.25, 0.3) is 0 Å². The highest BCUT2D eigenvalue weighted by atomic mass is 35.5. The van der Waals surface area contributed by atoms with E-state index in [1.165, 1.54) is 6.33 Å². The standard InChI is InChI=1S/C17H18ClF3N6O2/c1-26-3-4-27(9-15(26)28)14-7-13(24-10-25-14)22-2-5-29-16-12(18)6-11(8-23-16)17(19,20)21/h6-8,10H,2-5,9H2,1H3,(H,22,24,25). The van der Waals surface area contributed by atoms with Crippen molar-refractivity contribution in [2.75, 3.05) is 50.1 Å². The van der Waals surface area contributed by atoms with Crippen molar-refractivity contribution in [3.8, 4) is 5.88 Å². The molecule has 156 valence electrons. The quantitative estimate of drug-likeness (QED) is 0.704. The average molecular weight is 431 g/mol. The third-order valence-corrected chi connectivity index (χ3v) is 4.49. The van der Waals surface area contributed by atoms with Crippen LogP contribution in [0.5, 0.6) is 5.88 Å². The number of ether oxygens (including phenoxy) is 1. The monoisotopic (exact) mass is 430 g/mol. The molecule has 1 aliphatic heterocycles. The molecule has 29 heavy (non-hydrogen) atoms. The topological polar surface area (TPSA) is 83.5 Å². The summed E-state index contributed by atoms with van der Waals surface area (Å²) in [5, 5.41) is 2.80. The van der Waals surface area contributed by atoms with Crippen molar-refractivity contribution in [3.63, 3.8) is 0 Å². The minimum Gasteiger partial charge on any atom is -0.475 e. The maximum Gasteiger partial charge on any atom is 0.417 e. The van der Waals surface area contributed by atoms with E-state index in [4.69, 9.17) is 16.3 Å². The molecule has 8 nitrogen and oxygen atoms in total. The highest BCUT2D eigenvalue weighted by molar-refractivity contribution is 6.31. The molecule has 0 spiro atoms. The first-order chi connectivity index (χ1) is 13.7. The zero-order valence-electron chi connectivity index (χ0n) is 15.4. The summed E-state index contributed by atoms with van der Waals surface area (Å²) in [5.41, 5.74) is -0.941. The summed E-state index contributed by atoms with van der Waals surface area (Å²) < 4.78 is 43.2. The maximum absolute atomic E-state index is 12.6. The number of hydrogen-bond donors (Lipinski definition) is 1. The van der Waals surface area contributed by atoms with Crippen LogP contribution in [0.1, 0.15) is 5.56 Å². The van der Waals surface area contributed by atoms with Gasteiger partial charge >= 0.3 is 6.18 Å². The summed E-state index contributed by atoms with van der Waals surface area (Å²) in [5.74, 6) is 1.08. The maximum atomic E-state index is 12.6. The minimum atomic E-state index is -4.52. The molecule has 3 heterocycles. The predicted molar refractivity (Wildman–Crippen MR) is 100 cm³/mol. The number of amides is 1. The molecule has 0 aliphatic carbocycles. The Bertz CT molecular complexity index is 882. The van der Waals surface area contributed by atoms with Crippen LogP contribution in [-0.2, 0) is 11.0 Å². The molecule has 12 heteroatoms. The molecular formula is C17H18ClF3N6O2. The predicted octanol–water partition coefficient (Wildman–Crippen LogP) is 2.31. The summed E-state index contributed by atoms with van der Waals surface area (Å²) >= 11 is 5.80. The number of nitrogens with one attached hydrogen (secondary N) is 1. The molecular weight excluding hydrogens is 413 g/mol. The molecule has 3 rings (SSSR count). The van der Waals surface area contributed by atoms with Crippen molar-refractivity contribution in [1.82, 2.24) is 19.9 Å². The largest absolute Gasteiger partial charge is 0.475 e. The van der Waals surface area contributed by atoms with Gasteiger partial charge in [-0.05, 0) is 6.07 Å². The van der Waals surface area contributed by atoms with Gasteiger partial charge in [-0.3, -0.25) is 4.79 Å². The van der Waals surface area contributed by atoms with Gasteiger partial charge in [0.05, 0.1) is 18.7 Å². The number of nitrogens with zero attached hydrogens (tertiary/aromatic N) is 5. The molecule has 0 saturated carbocycles. The highest BCUT2D eigenvalue weighted by Gasteiger charge is 2.31. The number of pyridine rings is 1. The lowest BCUT2D eigenvalue weighted by atomic mass is 10.3. The smallest absolute Gasteiger partial charge is 0.417 e. The van der Waals surface area contributed by atoms with E-state index in [-0.39, 0.29) is 30.0 Å². The number of anilines is 2. The number of halogens is 4.